The van der Waals surface area contributed by atoms with Crippen LogP contribution in [-0.4, -0.2) is 38.7 Å². The highest BCUT2D eigenvalue weighted by atomic mass is 16.7. The summed E-state index contributed by atoms with van der Waals surface area (Å²) < 4.78 is 21.4. The van der Waals surface area contributed by atoms with Crippen molar-refractivity contribution in [2.45, 2.75) is 18.8 Å². The maximum absolute atomic E-state index is 12.0. The zero-order valence-corrected chi connectivity index (χ0v) is 15.0. The molecule has 1 heterocycles. The van der Waals surface area contributed by atoms with Gasteiger partial charge in [-0.05, 0) is 30.2 Å². The zero-order chi connectivity index (χ0) is 18.7. The highest BCUT2D eigenvalue weighted by Crippen LogP contribution is 2.40. The predicted octanol–water partition coefficient (Wildman–Crippen LogP) is 2.74. The van der Waals surface area contributed by atoms with E-state index in [9.17, 15) is 9.90 Å². The van der Waals surface area contributed by atoms with Crippen molar-refractivity contribution >= 4 is 5.97 Å². The van der Waals surface area contributed by atoms with Crippen LogP contribution < -0.4 is 9.47 Å². The molecule has 3 atom stereocenters. The summed E-state index contributed by atoms with van der Waals surface area (Å²) in [6.45, 7) is 0. The number of benzene rings is 2. The van der Waals surface area contributed by atoms with Crippen LogP contribution in [0.25, 0.3) is 0 Å². The normalized spacial score (nSPS) is 21.5. The smallest absolute Gasteiger partial charge is 0.341 e. The Labute approximate surface area is 152 Å². The number of rotatable bonds is 5. The fraction of sp³-hybridized carbons (Fsp3) is 0.350. The molecular weight excluding hydrogens is 336 g/mol. The molecule has 1 aliphatic heterocycles. The topological polar surface area (TPSA) is 74.2 Å². The lowest BCUT2D eigenvalue weighted by Gasteiger charge is -2.36. The van der Waals surface area contributed by atoms with Crippen LogP contribution in [0.4, 0.5) is 0 Å². The highest BCUT2D eigenvalue weighted by Gasteiger charge is 2.37. The minimum absolute atomic E-state index is 0.325. The minimum atomic E-state index is -0.742. The summed E-state index contributed by atoms with van der Waals surface area (Å²) in [5, 5.41) is 10.8. The van der Waals surface area contributed by atoms with E-state index in [0.29, 0.717) is 23.5 Å². The lowest BCUT2D eigenvalue weighted by molar-refractivity contribution is -0.139. The van der Waals surface area contributed by atoms with Gasteiger partial charge in [-0.3, -0.25) is 0 Å². The lowest BCUT2D eigenvalue weighted by Crippen LogP contribution is -2.38. The largest absolute Gasteiger partial charge is 0.496 e. The number of para-hydroxylation sites is 1. The molecular formula is C20H22O6. The molecule has 3 rings (SSSR count). The second-order valence-electron chi connectivity index (χ2n) is 6.10. The number of esters is 1. The molecule has 2 aromatic rings. The first kappa shape index (κ1) is 18.2. The number of aliphatic hydroxyl groups is 1. The van der Waals surface area contributed by atoms with Crippen molar-refractivity contribution in [1.29, 1.82) is 0 Å². The molecule has 0 saturated carbocycles. The van der Waals surface area contributed by atoms with Crippen molar-refractivity contribution < 1.29 is 28.8 Å². The number of carbonyl (C=O) groups excluding carboxylic acids is 1. The van der Waals surface area contributed by atoms with E-state index in [1.54, 1.807) is 19.2 Å². The summed E-state index contributed by atoms with van der Waals surface area (Å²) in [6.07, 6.45) is -0.876. The van der Waals surface area contributed by atoms with Crippen LogP contribution in [0.15, 0.2) is 42.5 Å². The van der Waals surface area contributed by atoms with Crippen LogP contribution in [-0.2, 0) is 15.9 Å². The van der Waals surface area contributed by atoms with Crippen molar-refractivity contribution in [3.63, 3.8) is 0 Å². The van der Waals surface area contributed by atoms with Crippen LogP contribution >= 0.6 is 0 Å². The maximum atomic E-state index is 12.0. The van der Waals surface area contributed by atoms with Gasteiger partial charge in [-0.2, -0.15) is 0 Å². The Kier molecular flexibility index (Phi) is 5.44. The molecule has 3 unspecified atom stereocenters. The first-order valence-corrected chi connectivity index (χ1v) is 8.30. The summed E-state index contributed by atoms with van der Waals surface area (Å²) >= 11 is 0. The van der Waals surface area contributed by atoms with Gasteiger partial charge in [-0.1, -0.05) is 24.3 Å². The van der Waals surface area contributed by atoms with Gasteiger partial charge in [0.05, 0.1) is 26.2 Å². The minimum Gasteiger partial charge on any atom is -0.496 e. The summed E-state index contributed by atoms with van der Waals surface area (Å²) in [7, 11) is 4.37. The van der Waals surface area contributed by atoms with Gasteiger partial charge in [0.1, 0.15) is 17.1 Å². The van der Waals surface area contributed by atoms with E-state index < -0.39 is 18.4 Å². The molecule has 0 amide bonds. The first-order valence-electron chi connectivity index (χ1n) is 8.30. The molecule has 138 valence electrons. The quantitative estimate of drug-likeness (QED) is 0.829. The Morgan fingerprint density at radius 1 is 1.15 bits per heavy atom. The second-order valence-corrected chi connectivity index (χ2v) is 6.10. The van der Waals surface area contributed by atoms with Gasteiger partial charge in [0.2, 0.25) is 6.29 Å². The summed E-state index contributed by atoms with van der Waals surface area (Å²) in [6, 6.07) is 12.6. The van der Waals surface area contributed by atoms with E-state index in [-0.39, 0.29) is 5.92 Å². The van der Waals surface area contributed by atoms with Gasteiger partial charge in [0.15, 0.2) is 0 Å². The van der Waals surface area contributed by atoms with E-state index in [2.05, 4.69) is 0 Å². The first-order chi connectivity index (χ1) is 12.6. The molecule has 0 aliphatic carbocycles. The molecule has 1 N–H and O–H groups in total. The van der Waals surface area contributed by atoms with Crippen LogP contribution in [0.3, 0.4) is 0 Å². The summed E-state index contributed by atoms with van der Waals surface area (Å²) in [4.78, 5) is 12.0. The van der Waals surface area contributed by atoms with Gasteiger partial charge >= 0.3 is 5.97 Å². The van der Waals surface area contributed by atoms with Gasteiger partial charge in [0.25, 0.3) is 0 Å². The molecule has 0 spiro atoms. The molecule has 2 aromatic carbocycles. The third kappa shape index (κ3) is 3.38. The fourth-order valence-electron chi connectivity index (χ4n) is 3.28. The van der Waals surface area contributed by atoms with Gasteiger partial charge < -0.3 is 24.1 Å². The molecule has 0 bridgehead atoms. The lowest BCUT2D eigenvalue weighted by atomic mass is 9.86. The third-order valence-corrected chi connectivity index (χ3v) is 4.61. The molecule has 0 fully saturated rings. The monoisotopic (exact) mass is 358 g/mol. The number of hydrogen-bond donors (Lipinski definition) is 1. The summed E-state index contributed by atoms with van der Waals surface area (Å²) in [5.41, 5.74) is 1.92. The number of aliphatic hydroxyl groups excluding tert-OH is 1. The van der Waals surface area contributed by atoms with Gasteiger partial charge in [-0.15, -0.1) is 0 Å². The molecule has 26 heavy (non-hydrogen) atoms. The van der Waals surface area contributed by atoms with E-state index in [1.807, 2.05) is 30.3 Å². The highest BCUT2D eigenvalue weighted by molar-refractivity contribution is 5.92. The van der Waals surface area contributed by atoms with Gasteiger partial charge in [-0.25, -0.2) is 4.79 Å². The van der Waals surface area contributed by atoms with Crippen LogP contribution in [0.2, 0.25) is 0 Å². The van der Waals surface area contributed by atoms with Crippen LogP contribution in [0, 0.1) is 5.92 Å². The van der Waals surface area contributed by atoms with Crippen molar-refractivity contribution in [1.82, 2.24) is 0 Å². The molecule has 1 aliphatic rings. The van der Waals surface area contributed by atoms with E-state index in [1.165, 1.54) is 14.2 Å². The molecule has 0 radical (unpaired) electrons. The van der Waals surface area contributed by atoms with Crippen molar-refractivity contribution in [2.75, 3.05) is 21.3 Å². The predicted molar refractivity (Wildman–Crippen MR) is 94.4 cm³/mol. The Balaban J connectivity index is 1.91. The number of methoxy groups -OCH3 is 3. The Morgan fingerprint density at radius 2 is 1.92 bits per heavy atom. The average molecular weight is 358 g/mol. The van der Waals surface area contributed by atoms with Gasteiger partial charge in [0, 0.05) is 12.7 Å². The second kappa shape index (κ2) is 7.76. The maximum Gasteiger partial charge on any atom is 0.341 e. The van der Waals surface area contributed by atoms with Crippen molar-refractivity contribution in [3.8, 4) is 11.5 Å². The zero-order valence-electron chi connectivity index (χ0n) is 15.0. The standard InChI is InChI=1S/C20H22O6/c1-23-16-9-8-12(10-14(16)19(22)24-2)11-15-18(21)13-6-4-5-7-17(13)26-20(15)25-3/h4-10,15,18,20-21H,11H2,1-3H3. The fourth-order valence-corrected chi connectivity index (χ4v) is 3.28. The third-order valence-electron chi connectivity index (χ3n) is 4.61. The number of ether oxygens (including phenoxy) is 4. The molecule has 6 heteroatoms. The van der Waals surface area contributed by atoms with E-state index in [0.717, 1.165) is 11.1 Å². The molecule has 0 aromatic heterocycles. The average Bonchev–Trinajstić information content (AvgIpc) is 2.69. The number of carbonyl (C=O) groups is 1. The van der Waals surface area contributed by atoms with Crippen molar-refractivity contribution in [2.24, 2.45) is 5.92 Å². The van der Waals surface area contributed by atoms with Crippen LogP contribution in [0.1, 0.15) is 27.6 Å². The Morgan fingerprint density at radius 3 is 2.62 bits per heavy atom. The Hall–Kier alpha value is -2.57. The SMILES string of the molecule is COC(=O)c1cc(CC2C(OC)Oc3ccccc3C2O)ccc1OC. The number of fused-ring (bicyclic) bond motifs is 1. The van der Waals surface area contributed by atoms with E-state index >= 15 is 0 Å². The van der Waals surface area contributed by atoms with Crippen molar-refractivity contribution in [3.05, 3.63) is 59.2 Å². The molecule has 0 saturated heterocycles. The van der Waals surface area contributed by atoms with E-state index in [4.69, 9.17) is 18.9 Å². The number of hydrogen-bond acceptors (Lipinski definition) is 6. The summed E-state index contributed by atoms with van der Waals surface area (Å²) in [5.74, 6) is 0.259. The van der Waals surface area contributed by atoms with Crippen LogP contribution in [0.5, 0.6) is 11.5 Å². The Bertz CT molecular complexity index is 788. The molecule has 6 nitrogen and oxygen atoms in total.